The highest BCUT2D eigenvalue weighted by atomic mass is 79.9. The molecule has 182 valence electrons. The molecule has 2 aliphatic heterocycles. The molecule has 2 fully saturated rings. The number of quaternary nitrogens is 1. The van der Waals surface area contributed by atoms with Crippen molar-refractivity contribution in [1.82, 2.24) is 0 Å². The number of carbonyl (C=O) groups excluding carboxylic acids is 2. The minimum atomic E-state index is -0.710. The number of hydrogen-bond donors (Lipinski definition) is 2. The molecular weight excluding hydrogens is 512 g/mol. The van der Waals surface area contributed by atoms with Crippen LogP contribution in [0.1, 0.15) is 52.8 Å². The number of piperidine rings is 2. The third-order valence-electron chi connectivity index (χ3n) is 7.18. The van der Waals surface area contributed by atoms with E-state index >= 15 is 0 Å². The highest BCUT2D eigenvalue weighted by Gasteiger charge is 2.37. The minimum Gasteiger partial charge on any atom is -0.462 e. The Hall–Kier alpha value is -2.97. The Morgan fingerprint density at radius 2 is 1.83 bits per heavy atom. The maximum absolute atomic E-state index is 12.7. The van der Waals surface area contributed by atoms with Crippen molar-refractivity contribution >= 4 is 44.5 Å². The molecule has 0 bridgehead atoms. The van der Waals surface area contributed by atoms with Gasteiger partial charge in [0.1, 0.15) is 17.8 Å². The molecule has 8 heteroatoms. The molecule has 0 saturated carbocycles. The second-order valence-electron chi connectivity index (χ2n) is 9.42. The lowest BCUT2D eigenvalue weighted by molar-refractivity contribution is -0.940. The second kappa shape index (κ2) is 10.3. The Kier molecular flexibility index (Phi) is 7.02. The van der Waals surface area contributed by atoms with Crippen LogP contribution in [-0.4, -0.2) is 37.6 Å². The van der Waals surface area contributed by atoms with Crippen molar-refractivity contribution in [1.29, 1.82) is 0 Å². The number of hydrogen-bond acceptors (Lipinski definition) is 5. The fourth-order valence-electron chi connectivity index (χ4n) is 5.38. The van der Waals surface area contributed by atoms with Gasteiger partial charge in [-0.1, -0.05) is 15.9 Å². The van der Waals surface area contributed by atoms with Gasteiger partial charge in [0.25, 0.3) is 5.91 Å². The van der Waals surface area contributed by atoms with Gasteiger partial charge in [0.15, 0.2) is 0 Å². The van der Waals surface area contributed by atoms with E-state index < -0.39 is 11.5 Å². The van der Waals surface area contributed by atoms with Gasteiger partial charge in [0, 0.05) is 21.5 Å². The van der Waals surface area contributed by atoms with E-state index in [1.807, 2.05) is 0 Å². The standard InChI is InChI=1S/C27H27BrN2O5/c28-20-8-11-24-19(14-20)15-22(27(33)35-24)25(31)29-21-9-6-17(7-10-21)26(32)34-16-18-4-3-13-30-12-2-1-5-23(18)30/h6-11,14-15,18,23H,1-5,12-13,16H2,(H,29,31)/p+1. The molecule has 3 heterocycles. The normalized spacial score (nSPS) is 21.8. The number of fused-ring (bicyclic) bond motifs is 2. The average Bonchev–Trinajstić information content (AvgIpc) is 2.87. The lowest BCUT2D eigenvalue weighted by Crippen LogP contribution is -3.18. The molecule has 35 heavy (non-hydrogen) atoms. The summed E-state index contributed by atoms with van der Waals surface area (Å²) in [5, 5.41) is 3.33. The van der Waals surface area contributed by atoms with E-state index in [0.29, 0.717) is 40.8 Å². The van der Waals surface area contributed by atoms with Crippen molar-refractivity contribution in [2.45, 2.75) is 38.1 Å². The van der Waals surface area contributed by atoms with Crippen LogP contribution in [0, 0.1) is 5.92 Å². The van der Waals surface area contributed by atoms with E-state index in [4.69, 9.17) is 9.15 Å². The Balaban J connectivity index is 1.21. The third-order valence-corrected chi connectivity index (χ3v) is 7.67. The SMILES string of the molecule is O=C(OCC1CCC[NH+]2CCCCC12)c1ccc(NC(=O)c2cc3cc(Br)ccc3oc2=O)cc1. The summed E-state index contributed by atoms with van der Waals surface area (Å²) in [6, 6.07) is 13.8. The fourth-order valence-corrected chi connectivity index (χ4v) is 5.76. The zero-order valence-corrected chi connectivity index (χ0v) is 20.9. The van der Waals surface area contributed by atoms with Gasteiger partial charge >= 0.3 is 11.6 Å². The number of rotatable bonds is 5. The van der Waals surface area contributed by atoms with Crippen molar-refractivity contribution < 1.29 is 23.6 Å². The Labute approximate surface area is 211 Å². The highest BCUT2D eigenvalue weighted by molar-refractivity contribution is 9.10. The predicted octanol–water partition coefficient (Wildman–Crippen LogP) is 3.81. The minimum absolute atomic E-state index is 0.0922. The molecule has 1 aromatic heterocycles. The largest absolute Gasteiger partial charge is 0.462 e. The molecule has 3 aromatic rings. The molecular formula is C27H28BrN2O5+. The second-order valence-corrected chi connectivity index (χ2v) is 10.3. The van der Waals surface area contributed by atoms with Crippen LogP contribution in [0.25, 0.3) is 11.0 Å². The van der Waals surface area contributed by atoms with Crippen LogP contribution in [0.15, 0.2) is 62.2 Å². The topological polar surface area (TPSA) is 90.1 Å². The number of anilines is 1. The maximum Gasteiger partial charge on any atom is 0.349 e. The predicted molar refractivity (Wildman–Crippen MR) is 136 cm³/mol. The van der Waals surface area contributed by atoms with Crippen molar-refractivity contribution in [2.75, 3.05) is 25.0 Å². The molecule has 0 spiro atoms. The van der Waals surface area contributed by atoms with Crippen LogP contribution in [0.2, 0.25) is 0 Å². The van der Waals surface area contributed by atoms with Crippen LogP contribution < -0.4 is 15.8 Å². The number of benzene rings is 2. The molecule has 2 aromatic carbocycles. The van der Waals surface area contributed by atoms with Gasteiger partial charge in [-0.05, 0) is 80.6 Å². The molecule has 2 aliphatic rings. The summed E-state index contributed by atoms with van der Waals surface area (Å²) >= 11 is 3.37. The zero-order chi connectivity index (χ0) is 24.4. The number of amides is 1. The van der Waals surface area contributed by atoms with Crippen molar-refractivity contribution in [3.8, 4) is 0 Å². The number of ether oxygens (including phenoxy) is 1. The quantitative estimate of drug-likeness (QED) is 0.380. The lowest BCUT2D eigenvalue weighted by Gasteiger charge is -2.40. The van der Waals surface area contributed by atoms with Crippen LogP contribution in [0.3, 0.4) is 0 Å². The number of carbonyl (C=O) groups is 2. The molecule has 5 rings (SSSR count). The first kappa shape index (κ1) is 23.8. The first-order valence-electron chi connectivity index (χ1n) is 12.1. The van der Waals surface area contributed by atoms with Gasteiger partial charge < -0.3 is 19.4 Å². The monoisotopic (exact) mass is 539 g/mol. The summed E-state index contributed by atoms with van der Waals surface area (Å²) in [5.41, 5.74) is 0.503. The van der Waals surface area contributed by atoms with Crippen LogP contribution in [0.4, 0.5) is 5.69 Å². The summed E-state index contributed by atoms with van der Waals surface area (Å²) in [5.74, 6) is -0.504. The van der Waals surface area contributed by atoms with Gasteiger partial charge in [-0.3, -0.25) is 4.79 Å². The summed E-state index contributed by atoms with van der Waals surface area (Å²) < 4.78 is 11.8. The van der Waals surface area contributed by atoms with Gasteiger partial charge in [0.2, 0.25) is 0 Å². The molecule has 0 radical (unpaired) electrons. The number of esters is 1. The van der Waals surface area contributed by atoms with Crippen LogP contribution >= 0.6 is 15.9 Å². The molecule has 7 nitrogen and oxygen atoms in total. The fraction of sp³-hybridized carbons (Fsp3) is 0.370. The lowest BCUT2D eigenvalue weighted by atomic mass is 9.84. The number of halogens is 1. The van der Waals surface area contributed by atoms with E-state index in [9.17, 15) is 14.4 Å². The van der Waals surface area contributed by atoms with Crippen molar-refractivity contribution in [3.05, 3.63) is 74.6 Å². The van der Waals surface area contributed by atoms with E-state index in [2.05, 4.69) is 21.2 Å². The van der Waals surface area contributed by atoms with E-state index in [-0.39, 0.29) is 11.5 Å². The Morgan fingerprint density at radius 3 is 2.66 bits per heavy atom. The summed E-state index contributed by atoms with van der Waals surface area (Å²) in [6.45, 7) is 2.93. The third kappa shape index (κ3) is 5.33. The maximum atomic E-state index is 12.7. The summed E-state index contributed by atoms with van der Waals surface area (Å²) in [7, 11) is 0. The van der Waals surface area contributed by atoms with Crippen LogP contribution in [-0.2, 0) is 4.74 Å². The molecule has 3 atom stereocenters. The van der Waals surface area contributed by atoms with Crippen molar-refractivity contribution in [2.24, 2.45) is 5.92 Å². The summed E-state index contributed by atoms with van der Waals surface area (Å²) in [6.07, 6.45) is 6.09. The van der Waals surface area contributed by atoms with E-state index in [0.717, 1.165) is 10.9 Å². The van der Waals surface area contributed by atoms with Gasteiger partial charge in [0.05, 0.1) is 24.7 Å². The average molecular weight is 540 g/mol. The van der Waals surface area contributed by atoms with Gasteiger partial charge in [-0.25, -0.2) is 9.59 Å². The van der Waals surface area contributed by atoms with Crippen molar-refractivity contribution in [3.63, 3.8) is 0 Å². The Bertz CT molecular complexity index is 1300. The molecule has 3 unspecified atom stereocenters. The molecule has 0 aliphatic carbocycles. The van der Waals surface area contributed by atoms with E-state index in [1.165, 1.54) is 44.8 Å². The zero-order valence-electron chi connectivity index (χ0n) is 19.3. The van der Waals surface area contributed by atoms with Crippen LogP contribution in [0.5, 0.6) is 0 Å². The summed E-state index contributed by atoms with van der Waals surface area (Å²) in [4.78, 5) is 39.3. The van der Waals surface area contributed by atoms with E-state index in [1.54, 1.807) is 47.4 Å². The van der Waals surface area contributed by atoms with Gasteiger partial charge in [-0.2, -0.15) is 0 Å². The molecule has 1 amide bonds. The highest BCUT2D eigenvalue weighted by Crippen LogP contribution is 2.22. The first-order chi connectivity index (χ1) is 17.0. The molecule has 2 saturated heterocycles. The Morgan fingerprint density at radius 1 is 1.03 bits per heavy atom. The van der Waals surface area contributed by atoms with Gasteiger partial charge in [-0.15, -0.1) is 0 Å². The first-order valence-corrected chi connectivity index (χ1v) is 12.9. The number of nitrogens with one attached hydrogen (secondary N) is 2. The molecule has 2 N–H and O–H groups in total. The smallest absolute Gasteiger partial charge is 0.349 e.